The van der Waals surface area contributed by atoms with Crippen molar-refractivity contribution in [1.82, 2.24) is 5.32 Å². The van der Waals surface area contributed by atoms with Gasteiger partial charge in [0.2, 0.25) is 0 Å². The standard InChI is InChI=1S/C16H23NO/c1-4-5-8-18-16-12(2)9-14(10-13(16)3)11-17-15-6-7-15/h4,9-10,15,17H,1,5-8,11H2,2-3H3. The SMILES string of the molecule is C=CCCOc1c(C)cc(CNC2CC2)cc1C. The number of hydrogen-bond acceptors (Lipinski definition) is 2. The summed E-state index contributed by atoms with van der Waals surface area (Å²) < 4.78 is 5.81. The van der Waals surface area contributed by atoms with Crippen LogP contribution in [0.5, 0.6) is 5.75 Å². The van der Waals surface area contributed by atoms with Crippen molar-refractivity contribution in [2.45, 2.75) is 45.7 Å². The molecule has 98 valence electrons. The van der Waals surface area contributed by atoms with E-state index in [-0.39, 0.29) is 0 Å². The Balaban J connectivity index is 1.99. The monoisotopic (exact) mass is 245 g/mol. The Hall–Kier alpha value is -1.28. The van der Waals surface area contributed by atoms with Crippen molar-refractivity contribution in [2.75, 3.05) is 6.61 Å². The highest BCUT2D eigenvalue weighted by Crippen LogP contribution is 2.26. The van der Waals surface area contributed by atoms with E-state index in [1.807, 2.05) is 6.08 Å². The van der Waals surface area contributed by atoms with E-state index in [9.17, 15) is 0 Å². The molecule has 1 aliphatic carbocycles. The first-order valence-electron chi connectivity index (χ1n) is 6.78. The first-order valence-corrected chi connectivity index (χ1v) is 6.78. The summed E-state index contributed by atoms with van der Waals surface area (Å²) in [6, 6.07) is 5.21. The van der Waals surface area contributed by atoms with Crippen LogP contribution in [0, 0.1) is 13.8 Å². The third kappa shape index (κ3) is 3.61. The van der Waals surface area contributed by atoms with E-state index in [4.69, 9.17) is 4.74 Å². The molecule has 0 heterocycles. The van der Waals surface area contributed by atoms with Crippen molar-refractivity contribution in [2.24, 2.45) is 0 Å². The van der Waals surface area contributed by atoms with Crippen LogP contribution in [0.1, 0.15) is 36.0 Å². The fourth-order valence-corrected chi connectivity index (χ4v) is 2.16. The number of rotatable bonds is 7. The highest BCUT2D eigenvalue weighted by atomic mass is 16.5. The van der Waals surface area contributed by atoms with Gasteiger partial charge in [-0.2, -0.15) is 0 Å². The van der Waals surface area contributed by atoms with Crippen molar-refractivity contribution in [1.29, 1.82) is 0 Å². The van der Waals surface area contributed by atoms with Crippen LogP contribution >= 0.6 is 0 Å². The van der Waals surface area contributed by atoms with Gasteiger partial charge >= 0.3 is 0 Å². The van der Waals surface area contributed by atoms with E-state index in [1.54, 1.807) is 0 Å². The molecule has 0 atom stereocenters. The Morgan fingerprint density at radius 3 is 2.56 bits per heavy atom. The molecule has 0 amide bonds. The number of nitrogens with one attached hydrogen (secondary N) is 1. The third-order valence-corrected chi connectivity index (χ3v) is 3.26. The second-order valence-corrected chi connectivity index (χ2v) is 5.14. The topological polar surface area (TPSA) is 21.3 Å². The molecule has 0 aliphatic heterocycles. The molecule has 0 unspecified atom stereocenters. The molecule has 0 bridgehead atoms. The Morgan fingerprint density at radius 2 is 2.00 bits per heavy atom. The second kappa shape index (κ2) is 6.05. The summed E-state index contributed by atoms with van der Waals surface area (Å²) in [6.45, 7) is 9.64. The summed E-state index contributed by atoms with van der Waals surface area (Å²) in [5.74, 6) is 1.03. The lowest BCUT2D eigenvalue weighted by atomic mass is 10.1. The molecule has 0 saturated heterocycles. The van der Waals surface area contributed by atoms with Crippen molar-refractivity contribution in [3.63, 3.8) is 0 Å². The minimum atomic E-state index is 0.713. The normalized spacial score (nSPS) is 14.6. The van der Waals surface area contributed by atoms with Gasteiger partial charge in [0, 0.05) is 12.6 Å². The minimum absolute atomic E-state index is 0.713. The summed E-state index contributed by atoms with van der Waals surface area (Å²) in [6.07, 6.45) is 5.45. The quantitative estimate of drug-likeness (QED) is 0.586. The van der Waals surface area contributed by atoms with Gasteiger partial charge in [-0.25, -0.2) is 0 Å². The maximum absolute atomic E-state index is 5.81. The van der Waals surface area contributed by atoms with E-state index in [0.717, 1.165) is 24.8 Å². The molecule has 1 aliphatic rings. The lowest BCUT2D eigenvalue weighted by molar-refractivity contribution is 0.320. The molecule has 0 radical (unpaired) electrons. The molecule has 1 fully saturated rings. The molecule has 1 saturated carbocycles. The van der Waals surface area contributed by atoms with Crippen LogP contribution in [-0.4, -0.2) is 12.6 Å². The maximum atomic E-state index is 5.81. The number of ether oxygens (including phenoxy) is 1. The maximum Gasteiger partial charge on any atom is 0.125 e. The van der Waals surface area contributed by atoms with Crippen LogP contribution in [0.15, 0.2) is 24.8 Å². The van der Waals surface area contributed by atoms with Gasteiger partial charge in [-0.3, -0.25) is 0 Å². The smallest absolute Gasteiger partial charge is 0.125 e. The fraction of sp³-hybridized carbons (Fsp3) is 0.500. The molecule has 2 heteroatoms. The lowest BCUT2D eigenvalue weighted by Gasteiger charge is -2.14. The molecule has 1 N–H and O–H groups in total. The molecule has 18 heavy (non-hydrogen) atoms. The lowest BCUT2D eigenvalue weighted by Crippen LogP contribution is -2.15. The van der Waals surface area contributed by atoms with Crippen molar-refractivity contribution in [3.8, 4) is 5.75 Å². The molecule has 0 aromatic heterocycles. The highest BCUT2D eigenvalue weighted by molar-refractivity contribution is 5.43. The molecule has 2 nitrogen and oxygen atoms in total. The van der Waals surface area contributed by atoms with E-state index >= 15 is 0 Å². The van der Waals surface area contributed by atoms with Gasteiger partial charge in [-0.1, -0.05) is 18.2 Å². The van der Waals surface area contributed by atoms with Gasteiger partial charge in [0.05, 0.1) is 6.61 Å². The number of benzene rings is 1. The van der Waals surface area contributed by atoms with Gasteiger partial charge in [0.15, 0.2) is 0 Å². The van der Waals surface area contributed by atoms with Crippen molar-refractivity contribution in [3.05, 3.63) is 41.5 Å². The summed E-state index contributed by atoms with van der Waals surface area (Å²) in [7, 11) is 0. The summed E-state index contributed by atoms with van der Waals surface area (Å²) in [5.41, 5.74) is 3.81. The fourth-order valence-electron chi connectivity index (χ4n) is 2.16. The van der Waals surface area contributed by atoms with Crippen LogP contribution in [0.25, 0.3) is 0 Å². The summed E-state index contributed by atoms with van der Waals surface area (Å²) in [5, 5.41) is 3.55. The summed E-state index contributed by atoms with van der Waals surface area (Å²) >= 11 is 0. The second-order valence-electron chi connectivity index (χ2n) is 5.14. The van der Waals surface area contributed by atoms with Crippen molar-refractivity contribution < 1.29 is 4.74 Å². The zero-order chi connectivity index (χ0) is 13.0. The van der Waals surface area contributed by atoms with Crippen LogP contribution in [0.2, 0.25) is 0 Å². The Morgan fingerprint density at radius 1 is 1.33 bits per heavy atom. The van der Waals surface area contributed by atoms with Crippen LogP contribution in [0.3, 0.4) is 0 Å². The largest absolute Gasteiger partial charge is 0.493 e. The van der Waals surface area contributed by atoms with Crippen LogP contribution < -0.4 is 10.1 Å². The highest BCUT2D eigenvalue weighted by Gasteiger charge is 2.20. The number of aryl methyl sites for hydroxylation is 2. The molecule has 0 spiro atoms. The molecule has 2 rings (SSSR count). The van der Waals surface area contributed by atoms with Crippen molar-refractivity contribution >= 4 is 0 Å². The predicted molar refractivity (Wildman–Crippen MR) is 76.1 cm³/mol. The van der Waals surface area contributed by atoms with Gasteiger partial charge < -0.3 is 10.1 Å². The first-order chi connectivity index (χ1) is 8.70. The van der Waals surface area contributed by atoms with E-state index in [0.29, 0.717) is 6.61 Å². The number of hydrogen-bond donors (Lipinski definition) is 1. The molecule has 1 aromatic carbocycles. The Labute approximate surface area is 110 Å². The molecule has 1 aromatic rings. The predicted octanol–water partition coefficient (Wildman–Crippen LogP) is 3.51. The Bertz CT molecular complexity index is 398. The minimum Gasteiger partial charge on any atom is -0.493 e. The summed E-state index contributed by atoms with van der Waals surface area (Å²) in [4.78, 5) is 0. The van der Waals surface area contributed by atoms with Gasteiger partial charge in [-0.05, 0) is 49.8 Å². The van der Waals surface area contributed by atoms with Gasteiger partial charge in [0.1, 0.15) is 5.75 Å². The van der Waals surface area contributed by atoms with Gasteiger partial charge in [-0.15, -0.1) is 6.58 Å². The zero-order valence-corrected chi connectivity index (χ0v) is 11.5. The third-order valence-electron chi connectivity index (χ3n) is 3.26. The van der Waals surface area contributed by atoms with Crippen LogP contribution in [-0.2, 0) is 6.54 Å². The molecular weight excluding hydrogens is 222 g/mol. The first kappa shape index (κ1) is 13.2. The van der Waals surface area contributed by atoms with E-state index in [1.165, 1.54) is 29.5 Å². The van der Waals surface area contributed by atoms with E-state index in [2.05, 4.69) is 37.9 Å². The van der Waals surface area contributed by atoms with Gasteiger partial charge in [0.25, 0.3) is 0 Å². The zero-order valence-electron chi connectivity index (χ0n) is 11.5. The van der Waals surface area contributed by atoms with Crippen LogP contribution in [0.4, 0.5) is 0 Å². The average Bonchev–Trinajstić information content (AvgIpc) is 3.14. The Kier molecular flexibility index (Phi) is 4.43. The van der Waals surface area contributed by atoms with E-state index < -0.39 is 0 Å². The molecular formula is C16H23NO. The average molecular weight is 245 g/mol.